The fraction of sp³-hybridized carbons (Fsp3) is 0.962. The molecule has 1 heterocycles. The summed E-state index contributed by atoms with van der Waals surface area (Å²) in [4.78, 5) is 30.5. The van der Waals surface area contributed by atoms with Crippen molar-refractivity contribution in [2.24, 2.45) is 17.8 Å². The van der Waals surface area contributed by atoms with Gasteiger partial charge in [0.25, 0.3) is 0 Å². The summed E-state index contributed by atoms with van der Waals surface area (Å²) in [6.07, 6.45) is 44.8. The molecule has 1 aliphatic heterocycles. The lowest BCUT2D eigenvalue weighted by atomic mass is 9.88. The molecule has 0 aliphatic carbocycles. The molecular weight excluding hydrogens is 713 g/mol. The van der Waals surface area contributed by atoms with Crippen molar-refractivity contribution in [3.63, 3.8) is 0 Å². The van der Waals surface area contributed by atoms with E-state index in [1.54, 1.807) is 0 Å². The molecule has 0 amide bonds. The first-order valence-electron chi connectivity index (χ1n) is 26.5. The van der Waals surface area contributed by atoms with Gasteiger partial charge < -0.3 is 14.5 Å². The number of carbonyl (C=O) groups excluding carboxylic acids is 2. The molecule has 0 bridgehead atoms. The second-order valence-electron chi connectivity index (χ2n) is 19.3. The molecule has 0 saturated carbocycles. The number of ether oxygens (including phenoxy) is 1. The quantitative estimate of drug-likeness (QED) is 0.0453. The number of nitrogens with zero attached hydrogens (tertiary/aromatic N) is 2. The molecule has 0 aromatic heterocycles. The topological polar surface area (TPSA) is 49.9 Å². The molecule has 1 unspecified atom stereocenters. The van der Waals surface area contributed by atoms with E-state index < -0.39 is 0 Å². The summed E-state index contributed by atoms with van der Waals surface area (Å²) in [5.41, 5.74) is 0. The van der Waals surface area contributed by atoms with Crippen LogP contribution in [0, 0.1) is 17.8 Å². The summed E-state index contributed by atoms with van der Waals surface area (Å²) in [5, 5.41) is 0. The molecule has 5 nitrogen and oxygen atoms in total. The van der Waals surface area contributed by atoms with Gasteiger partial charge in [-0.25, -0.2) is 0 Å². The van der Waals surface area contributed by atoms with Crippen LogP contribution < -0.4 is 0 Å². The summed E-state index contributed by atoms with van der Waals surface area (Å²) in [6.45, 7) is 19.5. The predicted molar refractivity (Wildman–Crippen MR) is 254 cm³/mol. The van der Waals surface area contributed by atoms with E-state index in [0.29, 0.717) is 24.7 Å². The van der Waals surface area contributed by atoms with Crippen molar-refractivity contribution in [2.75, 3.05) is 45.9 Å². The Kier molecular flexibility index (Phi) is 39.3. The Morgan fingerprint density at radius 2 is 0.948 bits per heavy atom. The first kappa shape index (κ1) is 55.1. The summed E-state index contributed by atoms with van der Waals surface area (Å²) >= 11 is 0. The van der Waals surface area contributed by atoms with Gasteiger partial charge in [-0.15, -0.1) is 0 Å². The van der Waals surface area contributed by atoms with Gasteiger partial charge in [0.05, 0.1) is 6.61 Å². The van der Waals surface area contributed by atoms with E-state index in [2.05, 4.69) is 44.4 Å². The molecule has 5 heteroatoms. The van der Waals surface area contributed by atoms with Crippen molar-refractivity contribution in [1.82, 2.24) is 9.80 Å². The molecule has 0 spiro atoms. The normalized spacial score (nSPS) is 14.1. The number of rotatable bonds is 45. The number of hydrogen-bond donors (Lipinski definition) is 0. The number of unbranched alkanes of at least 4 members (excludes halogenated alkanes) is 16. The van der Waals surface area contributed by atoms with Crippen LogP contribution in [0.2, 0.25) is 0 Å². The van der Waals surface area contributed by atoms with Crippen LogP contribution in [0.4, 0.5) is 0 Å². The minimum Gasteiger partial charge on any atom is -0.466 e. The highest BCUT2D eigenvalue weighted by molar-refractivity contribution is 5.78. The van der Waals surface area contributed by atoms with Crippen LogP contribution in [0.15, 0.2) is 0 Å². The lowest BCUT2D eigenvalue weighted by Gasteiger charge is -2.25. The molecule has 1 rings (SSSR count). The van der Waals surface area contributed by atoms with Crippen LogP contribution in [-0.2, 0) is 14.3 Å². The maximum absolute atomic E-state index is 12.8. The van der Waals surface area contributed by atoms with Gasteiger partial charge in [0, 0.05) is 32.4 Å². The molecule has 0 N–H and O–H groups in total. The number of carbonyl (C=O) groups is 2. The molecule has 58 heavy (non-hydrogen) atoms. The SMILES string of the molecule is CCCCCC(CCCCC)CCCOC(=O)CCCCCCCN(CCCCCCCC(=O)CC(C)CCCC(CCCCC)CCCCC)CCN1CCCC1. The van der Waals surface area contributed by atoms with Crippen molar-refractivity contribution < 1.29 is 14.3 Å². The van der Waals surface area contributed by atoms with Crippen LogP contribution in [0.3, 0.4) is 0 Å². The van der Waals surface area contributed by atoms with E-state index in [4.69, 9.17) is 4.74 Å². The van der Waals surface area contributed by atoms with Gasteiger partial charge >= 0.3 is 5.97 Å². The lowest BCUT2D eigenvalue weighted by Crippen LogP contribution is -2.35. The number of likely N-dealkylation sites (tertiary alicyclic amines) is 1. The Balaban J connectivity index is 2.18. The van der Waals surface area contributed by atoms with Crippen LogP contribution in [0.1, 0.15) is 266 Å². The van der Waals surface area contributed by atoms with Gasteiger partial charge in [-0.2, -0.15) is 0 Å². The summed E-state index contributed by atoms with van der Waals surface area (Å²) in [7, 11) is 0. The van der Waals surface area contributed by atoms with Gasteiger partial charge in [-0.3, -0.25) is 9.59 Å². The Labute approximate surface area is 364 Å². The zero-order valence-electron chi connectivity index (χ0n) is 40.3. The number of hydrogen-bond acceptors (Lipinski definition) is 5. The summed E-state index contributed by atoms with van der Waals surface area (Å²) < 4.78 is 5.64. The average molecular weight is 817 g/mol. The Bertz CT molecular complexity index is 869. The highest BCUT2D eigenvalue weighted by atomic mass is 16.5. The highest BCUT2D eigenvalue weighted by Gasteiger charge is 2.15. The standard InChI is InChI=1S/C53H104N2O3/c1-6-10-20-33-50(34-21-11-7-2)37-30-32-49(5)48-52(56)39-24-16-14-18-26-41-54(45-46-55-43-28-29-44-55)42-27-19-15-17-25-40-53(57)58-47-31-38-51(35-22-12-8-3)36-23-13-9-4/h49-51H,6-48H2,1-5H3. The van der Waals surface area contributed by atoms with Crippen LogP contribution in [-0.4, -0.2) is 67.4 Å². The maximum Gasteiger partial charge on any atom is 0.305 e. The molecular formula is C53H104N2O3. The maximum atomic E-state index is 12.8. The Hall–Kier alpha value is -0.940. The number of ketones is 1. The minimum atomic E-state index is 0.0166. The zero-order chi connectivity index (χ0) is 42.2. The third-order valence-corrected chi connectivity index (χ3v) is 13.5. The Morgan fingerprint density at radius 1 is 0.500 bits per heavy atom. The Morgan fingerprint density at radius 3 is 1.47 bits per heavy atom. The van der Waals surface area contributed by atoms with Crippen molar-refractivity contribution in [3.8, 4) is 0 Å². The summed E-state index contributed by atoms with van der Waals surface area (Å²) in [6, 6.07) is 0. The highest BCUT2D eigenvalue weighted by Crippen LogP contribution is 2.26. The molecule has 344 valence electrons. The van der Waals surface area contributed by atoms with Crippen molar-refractivity contribution in [2.45, 2.75) is 266 Å². The van der Waals surface area contributed by atoms with E-state index in [-0.39, 0.29) is 5.97 Å². The van der Waals surface area contributed by atoms with E-state index in [1.807, 2.05) is 0 Å². The first-order valence-corrected chi connectivity index (χ1v) is 26.5. The monoisotopic (exact) mass is 817 g/mol. The summed E-state index contributed by atoms with van der Waals surface area (Å²) in [5.74, 6) is 2.80. The van der Waals surface area contributed by atoms with Gasteiger partial charge in [-0.05, 0) is 95.3 Å². The second-order valence-corrected chi connectivity index (χ2v) is 19.3. The zero-order valence-corrected chi connectivity index (χ0v) is 40.3. The van der Waals surface area contributed by atoms with Gasteiger partial charge in [-0.1, -0.05) is 195 Å². The van der Waals surface area contributed by atoms with E-state index in [0.717, 1.165) is 50.4 Å². The van der Waals surface area contributed by atoms with Crippen LogP contribution >= 0.6 is 0 Å². The third-order valence-electron chi connectivity index (χ3n) is 13.5. The number of esters is 1. The molecule has 0 radical (unpaired) electrons. The molecule has 1 aliphatic rings. The third kappa shape index (κ3) is 34.7. The molecule has 1 saturated heterocycles. The molecule has 1 atom stereocenters. The predicted octanol–water partition coefficient (Wildman–Crippen LogP) is 15.7. The molecule has 0 aromatic rings. The lowest BCUT2D eigenvalue weighted by molar-refractivity contribution is -0.144. The van der Waals surface area contributed by atoms with E-state index >= 15 is 0 Å². The van der Waals surface area contributed by atoms with Crippen LogP contribution in [0.25, 0.3) is 0 Å². The van der Waals surface area contributed by atoms with Gasteiger partial charge in [0.1, 0.15) is 5.78 Å². The fourth-order valence-electron chi connectivity index (χ4n) is 9.52. The van der Waals surface area contributed by atoms with E-state index in [9.17, 15) is 9.59 Å². The fourth-order valence-corrected chi connectivity index (χ4v) is 9.52. The second kappa shape index (κ2) is 41.4. The van der Waals surface area contributed by atoms with Gasteiger partial charge in [0.2, 0.25) is 0 Å². The van der Waals surface area contributed by atoms with Gasteiger partial charge in [0.15, 0.2) is 0 Å². The number of Topliss-reactive ketones (excluding diaryl/α,β-unsaturated/α-hetero) is 1. The van der Waals surface area contributed by atoms with Crippen molar-refractivity contribution in [3.05, 3.63) is 0 Å². The van der Waals surface area contributed by atoms with Crippen molar-refractivity contribution >= 4 is 11.8 Å². The van der Waals surface area contributed by atoms with E-state index in [1.165, 1.54) is 225 Å². The molecule has 1 fully saturated rings. The smallest absolute Gasteiger partial charge is 0.305 e. The average Bonchev–Trinajstić information content (AvgIpc) is 3.74. The largest absolute Gasteiger partial charge is 0.466 e. The van der Waals surface area contributed by atoms with Crippen LogP contribution in [0.5, 0.6) is 0 Å². The van der Waals surface area contributed by atoms with Crippen molar-refractivity contribution in [1.29, 1.82) is 0 Å². The molecule has 0 aromatic carbocycles. The first-order chi connectivity index (χ1) is 28.4. The minimum absolute atomic E-state index is 0.0166.